The van der Waals surface area contributed by atoms with Crippen LogP contribution >= 0.6 is 0 Å². The molecule has 29 heavy (non-hydrogen) atoms. The van der Waals surface area contributed by atoms with E-state index in [0.29, 0.717) is 24.7 Å². The van der Waals surface area contributed by atoms with Crippen molar-refractivity contribution in [3.05, 3.63) is 60.0 Å². The quantitative estimate of drug-likeness (QED) is 0.723. The van der Waals surface area contributed by atoms with Crippen LogP contribution in [0.15, 0.2) is 48.8 Å². The van der Waals surface area contributed by atoms with Gasteiger partial charge in [-0.15, -0.1) is 0 Å². The van der Waals surface area contributed by atoms with E-state index in [1.807, 2.05) is 48.1 Å². The fraction of sp³-hybridized carbons (Fsp3) is 0.333. The summed E-state index contributed by atoms with van der Waals surface area (Å²) in [6, 6.07) is 11.2. The van der Waals surface area contributed by atoms with E-state index in [2.05, 4.69) is 15.5 Å². The highest BCUT2D eigenvalue weighted by atomic mass is 16.2. The summed E-state index contributed by atoms with van der Waals surface area (Å²) in [5, 5.41) is 11.7. The number of nitrogens with zero attached hydrogens (tertiary/aromatic N) is 5. The van der Waals surface area contributed by atoms with Crippen molar-refractivity contribution in [3.63, 3.8) is 0 Å². The Labute approximate surface area is 168 Å². The molecule has 2 amide bonds. The molecule has 1 fully saturated rings. The van der Waals surface area contributed by atoms with E-state index in [0.717, 1.165) is 29.9 Å². The second kappa shape index (κ2) is 6.88. The van der Waals surface area contributed by atoms with Crippen molar-refractivity contribution >= 4 is 17.6 Å². The van der Waals surface area contributed by atoms with Gasteiger partial charge in [0.1, 0.15) is 17.6 Å². The molecule has 2 aromatic heterocycles. The molecule has 1 atom stereocenters. The number of anilines is 1. The molecule has 0 spiro atoms. The van der Waals surface area contributed by atoms with Gasteiger partial charge in [-0.25, -0.2) is 4.68 Å². The lowest BCUT2D eigenvalue weighted by Gasteiger charge is -2.32. The van der Waals surface area contributed by atoms with Crippen molar-refractivity contribution in [2.24, 2.45) is 0 Å². The number of para-hydroxylation sites is 1. The number of rotatable bonds is 5. The number of benzene rings is 1. The zero-order valence-corrected chi connectivity index (χ0v) is 16.2. The number of likely N-dealkylation sites (N-methyl/N-ethyl adjacent to an activating group) is 1. The highest BCUT2D eigenvalue weighted by Gasteiger charge is 2.36. The molecule has 0 bridgehead atoms. The van der Waals surface area contributed by atoms with Crippen molar-refractivity contribution in [1.82, 2.24) is 24.9 Å². The Morgan fingerprint density at radius 1 is 1.21 bits per heavy atom. The van der Waals surface area contributed by atoms with Crippen LogP contribution in [0.25, 0.3) is 5.69 Å². The van der Waals surface area contributed by atoms with Crippen LogP contribution in [0.2, 0.25) is 0 Å². The van der Waals surface area contributed by atoms with Gasteiger partial charge in [0.05, 0.1) is 17.9 Å². The lowest BCUT2D eigenvalue weighted by atomic mass is 10.0. The number of carbonyl (C=O) groups is 2. The van der Waals surface area contributed by atoms with Crippen molar-refractivity contribution in [3.8, 4) is 5.69 Å². The van der Waals surface area contributed by atoms with Gasteiger partial charge in [0.25, 0.3) is 11.8 Å². The Hall–Kier alpha value is -3.42. The Morgan fingerprint density at radius 2 is 2.00 bits per heavy atom. The minimum atomic E-state index is -0.630. The third-order valence-electron chi connectivity index (χ3n) is 5.45. The van der Waals surface area contributed by atoms with Gasteiger partial charge < -0.3 is 5.32 Å². The Balaban J connectivity index is 1.40. The molecule has 8 nitrogen and oxygen atoms in total. The second-order valence-corrected chi connectivity index (χ2v) is 7.47. The van der Waals surface area contributed by atoms with E-state index in [1.54, 1.807) is 21.8 Å². The molecule has 2 aliphatic rings. The summed E-state index contributed by atoms with van der Waals surface area (Å²) in [7, 11) is 0. The first-order valence-electron chi connectivity index (χ1n) is 9.95. The molecule has 148 valence electrons. The van der Waals surface area contributed by atoms with Gasteiger partial charge in [-0.1, -0.05) is 18.2 Å². The SMILES string of the molecule is CCN1C(=O)C(NC(=O)c2ccn(C3CC3)n2)Cc2cnn(-c3ccccc3)c21. The molecule has 1 saturated carbocycles. The molecule has 8 heteroatoms. The number of hydrogen-bond donors (Lipinski definition) is 1. The van der Waals surface area contributed by atoms with Gasteiger partial charge in [0, 0.05) is 24.7 Å². The van der Waals surface area contributed by atoms with Crippen molar-refractivity contribution in [2.75, 3.05) is 11.4 Å². The third kappa shape index (κ3) is 3.10. The van der Waals surface area contributed by atoms with Crippen molar-refractivity contribution < 1.29 is 9.59 Å². The molecular formula is C21H22N6O2. The highest BCUT2D eigenvalue weighted by Crippen LogP contribution is 2.34. The van der Waals surface area contributed by atoms with E-state index in [9.17, 15) is 9.59 Å². The van der Waals surface area contributed by atoms with Gasteiger partial charge >= 0.3 is 0 Å². The fourth-order valence-electron chi connectivity index (χ4n) is 3.82. The fourth-order valence-corrected chi connectivity index (χ4v) is 3.82. The summed E-state index contributed by atoms with van der Waals surface area (Å²) in [6.45, 7) is 2.42. The number of hydrogen-bond acceptors (Lipinski definition) is 4. The van der Waals surface area contributed by atoms with Crippen LogP contribution in [0.5, 0.6) is 0 Å². The lowest BCUT2D eigenvalue weighted by molar-refractivity contribution is -0.120. The van der Waals surface area contributed by atoms with Crippen LogP contribution in [0.1, 0.15) is 41.9 Å². The van der Waals surface area contributed by atoms with Crippen LogP contribution in [0, 0.1) is 0 Å². The van der Waals surface area contributed by atoms with Crippen LogP contribution in [-0.2, 0) is 11.2 Å². The molecule has 1 N–H and O–H groups in total. The van der Waals surface area contributed by atoms with E-state index in [4.69, 9.17) is 0 Å². The molecule has 3 heterocycles. The van der Waals surface area contributed by atoms with Gasteiger partial charge in [-0.05, 0) is 38.0 Å². The molecule has 1 aliphatic carbocycles. The molecule has 0 saturated heterocycles. The molecule has 1 aliphatic heterocycles. The standard InChI is InChI=1S/C21H22N6O2/c1-2-25-20-14(13-22-27(20)16-6-4-3-5-7-16)12-18(21(25)29)23-19(28)17-10-11-26(24-17)15-8-9-15/h3-7,10-11,13,15,18H,2,8-9,12H2,1H3,(H,23,28). The maximum atomic E-state index is 13.1. The summed E-state index contributed by atoms with van der Waals surface area (Å²) in [5.41, 5.74) is 2.18. The van der Waals surface area contributed by atoms with Gasteiger partial charge in [-0.2, -0.15) is 10.2 Å². The van der Waals surface area contributed by atoms with E-state index < -0.39 is 6.04 Å². The first kappa shape index (κ1) is 17.7. The number of fused-ring (bicyclic) bond motifs is 1. The zero-order valence-electron chi connectivity index (χ0n) is 16.2. The summed E-state index contributed by atoms with van der Waals surface area (Å²) in [4.78, 5) is 27.5. The molecule has 1 unspecified atom stereocenters. The monoisotopic (exact) mass is 390 g/mol. The molecular weight excluding hydrogens is 368 g/mol. The van der Waals surface area contributed by atoms with Crippen LogP contribution < -0.4 is 10.2 Å². The van der Waals surface area contributed by atoms with Gasteiger partial charge in [0.15, 0.2) is 0 Å². The lowest BCUT2D eigenvalue weighted by Crippen LogP contribution is -2.53. The Bertz CT molecular complexity index is 1070. The maximum Gasteiger partial charge on any atom is 0.272 e. The summed E-state index contributed by atoms with van der Waals surface area (Å²) < 4.78 is 3.62. The molecule has 1 aromatic carbocycles. The molecule has 5 rings (SSSR count). The summed E-state index contributed by atoms with van der Waals surface area (Å²) in [5.74, 6) is 0.317. The maximum absolute atomic E-state index is 13.1. The molecule has 3 aromatic rings. The normalized spacial score (nSPS) is 18.6. The number of carbonyl (C=O) groups excluding carboxylic acids is 2. The first-order valence-corrected chi connectivity index (χ1v) is 9.95. The summed E-state index contributed by atoms with van der Waals surface area (Å²) in [6.07, 6.45) is 6.22. The van der Waals surface area contributed by atoms with Gasteiger partial charge in [-0.3, -0.25) is 19.2 Å². The number of nitrogens with one attached hydrogen (secondary N) is 1. The van der Waals surface area contributed by atoms with Crippen LogP contribution in [0.3, 0.4) is 0 Å². The minimum Gasteiger partial charge on any atom is -0.338 e. The average molecular weight is 390 g/mol. The van der Waals surface area contributed by atoms with E-state index in [-0.39, 0.29) is 11.8 Å². The Morgan fingerprint density at radius 3 is 2.72 bits per heavy atom. The van der Waals surface area contributed by atoms with Crippen LogP contribution in [-0.4, -0.2) is 44.0 Å². The van der Waals surface area contributed by atoms with Crippen molar-refractivity contribution in [1.29, 1.82) is 0 Å². The third-order valence-corrected chi connectivity index (χ3v) is 5.45. The zero-order chi connectivity index (χ0) is 20.0. The predicted octanol–water partition coefficient (Wildman–Crippen LogP) is 2.11. The highest BCUT2D eigenvalue weighted by molar-refractivity contribution is 6.03. The Kier molecular flexibility index (Phi) is 4.19. The number of aromatic nitrogens is 4. The second-order valence-electron chi connectivity index (χ2n) is 7.47. The number of amides is 2. The van der Waals surface area contributed by atoms with Gasteiger partial charge in [0.2, 0.25) is 0 Å². The smallest absolute Gasteiger partial charge is 0.272 e. The minimum absolute atomic E-state index is 0.132. The van der Waals surface area contributed by atoms with Crippen LogP contribution in [0.4, 0.5) is 5.82 Å². The average Bonchev–Trinajstić information content (AvgIpc) is 3.32. The topological polar surface area (TPSA) is 85.1 Å². The summed E-state index contributed by atoms with van der Waals surface area (Å²) >= 11 is 0. The van der Waals surface area contributed by atoms with E-state index in [1.165, 1.54) is 0 Å². The van der Waals surface area contributed by atoms with Crippen molar-refractivity contribution in [2.45, 2.75) is 38.3 Å². The largest absolute Gasteiger partial charge is 0.338 e. The predicted molar refractivity (Wildman–Crippen MR) is 107 cm³/mol. The van der Waals surface area contributed by atoms with E-state index >= 15 is 0 Å². The molecule has 0 radical (unpaired) electrons. The first-order chi connectivity index (χ1) is 14.2.